The zero-order chi connectivity index (χ0) is 18.1. The van der Waals surface area contributed by atoms with Gasteiger partial charge in [-0.05, 0) is 61.1 Å². The number of methoxy groups -OCH3 is 1. The second-order valence-corrected chi connectivity index (χ2v) is 6.74. The van der Waals surface area contributed by atoms with E-state index in [2.05, 4.69) is 70.5 Å². The molecule has 0 bridgehead atoms. The van der Waals surface area contributed by atoms with Gasteiger partial charge in [0.1, 0.15) is 5.75 Å². The monoisotopic (exact) mass is 488 g/mol. The van der Waals surface area contributed by atoms with Crippen LogP contribution in [0.5, 0.6) is 5.75 Å². The van der Waals surface area contributed by atoms with Crippen LogP contribution < -0.4 is 15.4 Å². The van der Waals surface area contributed by atoms with Crippen molar-refractivity contribution < 1.29 is 4.74 Å². The van der Waals surface area contributed by atoms with E-state index < -0.39 is 0 Å². The van der Waals surface area contributed by atoms with Crippen molar-refractivity contribution in [1.29, 1.82) is 0 Å². The highest BCUT2D eigenvalue weighted by Gasteiger charge is 2.14. The molecule has 7 heteroatoms. The van der Waals surface area contributed by atoms with Gasteiger partial charge < -0.3 is 20.3 Å². The van der Waals surface area contributed by atoms with Crippen molar-refractivity contribution in [3.05, 3.63) is 52.2 Å². The molecule has 1 aromatic heterocycles. The number of guanidine groups is 1. The lowest BCUT2D eigenvalue weighted by atomic mass is 10.1. The average molecular weight is 488 g/mol. The van der Waals surface area contributed by atoms with E-state index in [4.69, 9.17) is 4.74 Å². The highest BCUT2D eigenvalue weighted by molar-refractivity contribution is 14.0. The summed E-state index contributed by atoms with van der Waals surface area (Å²) in [7, 11) is 5.87. The molecule has 1 atom stereocenters. The van der Waals surface area contributed by atoms with E-state index in [1.165, 1.54) is 11.1 Å². The molecule has 0 aliphatic rings. The molecule has 144 valence electrons. The fourth-order valence-corrected chi connectivity index (χ4v) is 3.17. The summed E-state index contributed by atoms with van der Waals surface area (Å²) in [5.74, 6) is 1.72. The third-order valence-electron chi connectivity index (χ3n) is 3.93. The standard InChI is InChI=1S/C19H28N4OS.HI/c1-5-20-19(21-12-15-10-11-25-14-15)22-13-18(23(2)3)16-6-8-17(24-4)9-7-16;/h6-11,14,18H,5,12-13H2,1-4H3,(H2,20,21,22);1H. The Hall–Kier alpha value is -1.32. The maximum atomic E-state index is 5.25. The van der Waals surface area contributed by atoms with Gasteiger partial charge in [-0.15, -0.1) is 24.0 Å². The van der Waals surface area contributed by atoms with E-state index in [1.807, 2.05) is 12.1 Å². The Morgan fingerprint density at radius 2 is 1.92 bits per heavy atom. The lowest BCUT2D eigenvalue weighted by molar-refractivity contribution is 0.298. The lowest BCUT2D eigenvalue weighted by Gasteiger charge is -2.26. The summed E-state index contributed by atoms with van der Waals surface area (Å²) in [6.07, 6.45) is 0. The Labute approximate surface area is 177 Å². The van der Waals surface area contributed by atoms with Crippen LogP contribution in [0.25, 0.3) is 0 Å². The second kappa shape index (κ2) is 12.1. The van der Waals surface area contributed by atoms with E-state index in [-0.39, 0.29) is 30.0 Å². The first kappa shape index (κ1) is 22.7. The number of likely N-dealkylation sites (N-methyl/N-ethyl adjacent to an activating group) is 1. The summed E-state index contributed by atoms with van der Waals surface area (Å²) >= 11 is 1.70. The second-order valence-electron chi connectivity index (χ2n) is 5.96. The van der Waals surface area contributed by atoms with Crippen molar-refractivity contribution in [2.45, 2.75) is 19.5 Å². The van der Waals surface area contributed by atoms with Gasteiger partial charge in [0.2, 0.25) is 0 Å². The number of hydrogen-bond acceptors (Lipinski definition) is 4. The molecule has 0 saturated carbocycles. The summed E-state index contributed by atoms with van der Waals surface area (Å²) in [5, 5.41) is 11.0. The number of rotatable bonds is 8. The van der Waals surface area contributed by atoms with Crippen molar-refractivity contribution in [1.82, 2.24) is 15.5 Å². The van der Waals surface area contributed by atoms with Crippen molar-refractivity contribution in [3.8, 4) is 5.75 Å². The zero-order valence-corrected chi connectivity index (χ0v) is 19.0. The molecular weight excluding hydrogens is 459 g/mol. The highest BCUT2D eigenvalue weighted by atomic mass is 127. The Morgan fingerprint density at radius 1 is 1.19 bits per heavy atom. The first-order valence-electron chi connectivity index (χ1n) is 8.47. The zero-order valence-electron chi connectivity index (χ0n) is 15.9. The molecule has 1 aromatic carbocycles. The number of nitrogens with zero attached hydrogens (tertiary/aromatic N) is 2. The maximum absolute atomic E-state index is 5.25. The molecule has 1 heterocycles. The smallest absolute Gasteiger partial charge is 0.191 e. The Kier molecular flexibility index (Phi) is 10.6. The third-order valence-corrected chi connectivity index (χ3v) is 4.66. The molecule has 26 heavy (non-hydrogen) atoms. The molecular formula is C19H29IN4OS. The van der Waals surface area contributed by atoms with Crippen LogP contribution in [0.3, 0.4) is 0 Å². The molecule has 1 unspecified atom stereocenters. The number of aliphatic imine (C=N–C) groups is 1. The molecule has 0 aliphatic carbocycles. The van der Waals surface area contributed by atoms with Crippen LogP contribution in [0.4, 0.5) is 0 Å². The number of halogens is 1. The molecule has 0 radical (unpaired) electrons. The molecule has 2 aromatic rings. The first-order valence-corrected chi connectivity index (χ1v) is 9.42. The van der Waals surface area contributed by atoms with E-state index in [1.54, 1.807) is 18.4 Å². The third kappa shape index (κ3) is 7.13. The van der Waals surface area contributed by atoms with E-state index in [0.29, 0.717) is 6.54 Å². The summed E-state index contributed by atoms with van der Waals surface area (Å²) in [6.45, 7) is 4.38. The predicted octanol–water partition coefficient (Wildman–Crippen LogP) is 3.73. The quantitative estimate of drug-likeness (QED) is 0.338. The Morgan fingerprint density at radius 3 is 2.46 bits per heavy atom. The molecule has 0 saturated heterocycles. The van der Waals surface area contributed by atoms with E-state index in [0.717, 1.165) is 24.8 Å². The van der Waals surface area contributed by atoms with Gasteiger partial charge in [0, 0.05) is 13.1 Å². The average Bonchev–Trinajstić information content (AvgIpc) is 3.13. The van der Waals surface area contributed by atoms with Crippen molar-refractivity contribution in [3.63, 3.8) is 0 Å². The van der Waals surface area contributed by atoms with Crippen LogP contribution in [0.1, 0.15) is 24.1 Å². The van der Waals surface area contributed by atoms with E-state index >= 15 is 0 Å². The van der Waals surface area contributed by atoms with Gasteiger partial charge in [-0.3, -0.25) is 0 Å². The number of thiophene rings is 1. The van der Waals surface area contributed by atoms with E-state index in [9.17, 15) is 0 Å². The molecule has 2 N–H and O–H groups in total. The molecule has 5 nitrogen and oxygen atoms in total. The normalized spacial score (nSPS) is 12.4. The number of ether oxygens (including phenoxy) is 1. The van der Waals surface area contributed by atoms with Crippen LogP contribution in [0.15, 0.2) is 46.1 Å². The lowest BCUT2D eigenvalue weighted by Crippen LogP contribution is -2.41. The van der Waals surface area contributed by atoms with Crippen molar-refractivity contribution >= 4 is 41.3 Å². The highest BCUT2D eigenvalue weighted by Crippen LogP contribution is 2.20. The van der Waals surface area contributed by atoms with Gasteiger partial charge in [0.05, 0.1) is 19.7 Å². The van der Waals surface area contributed by atoms with Crippen LogP contribution in [-0.2, 0) is 6.54 Å². The van der Waals surface area contributed by atoms with Crippen LogP contribution in [-0.4, -0.2) is 45.2 Å². The minimum atomic E-state index is 0. The van der Waals surface area contributed by atoms with Crippen LogP contribution in [0.2, 0.25) is 0 Å². The van der Waals surface area contributed by atoms with Crippen LogP contribution in [0, 0.1) is 0 Å². The molecule has 0 amide bonds. The van der Waals surface area contributed by atoms with Crippen molar-refractivity contribution in [2.24, 2.45) is 4.99 Å². The number of benzene rings is 1. The fourth-order valence-electron chi connectivity index (χ4n) is 2.51. The van der Waals surface area contributed by atoms with Gasteiger partial charge in [-0.1, -0.05) is 12.1 Å². The molecule has 2 rings (SSSR count). The van der Waals surface area contributed by atoms with Gasteiger partial charge in [-0.25, -0.2) is 4.99 Å². The molecule has 0 aliphatic heterocycles. The summed E-state index contributed by atoms with van der Waals surface area (Å²) in [5.41, 5.74) is 2.48. The van der Waals surface area contributed by atoms with Gasteiger partial charge in [-0.2, -0.15) is 11.3 Å². The number of hydrogen-bond donors (Lipinski definition) is 2. The van der Waals surface area contributed by atoms with Gasteiger partial charge in [0.25, 0.3) is 0 Å². The van der Waals surface area contributed by atoms with Crippen molar-refractivity contribution in [2.75, 3.05) is 34.3 Å². The maximum Gasteiger partial charge on any atom is 0.191 e. The Balaban J connectivity index is 0.00000338. The summed E-state index contributed by atoms with van der Waals surface area (Å²) in [6, 6.07) is 10.6. The Bertz CT molecular complexity index is 644. The predicted molar refractivity (Wildman–Crippen MR) is 122 cm³/mol. The summed E-state index contributed by atoms with van der Waals surface area (Å²) < 4.78 is 5.25. The molecule has 0 spiro atoms. The fraction of sp³-hybridized carbons (Fsp3) is 0.421. The first-order chi connectivity index (χ1) is 12.1. The minimum Gasteiger partial charge on any atom is -0.497 e. The molecule has 0 fully saturated rings. The SMILES string of the molecule is CCNC(=NCc1ccsc1)NCC(c1ccc(OC)cc1)N(C)C.I. The van der Waals surface area contributed by atoms with Gasteiger partial charge in [0.15, 0.2) is 5.96 Å². The largest absolute Gasteiger partial charge is 0.497 e. The minimum absolute atomic E-state index is 0. The topological polar surface area (TPSA) is 48.9 Å². The summed E-state index contributed by atoms with van der Waals surface area (Å²) in [4.78, 5) is 6.88. The number of nitrogens with one attached hydrogen (secondary N) is 2. The van der Waals surface area contributed by atoms with Crippen LogP contribution >= 0.6 is 35.3 Å². The van der Waals surface area contributed by atoms with Gasteiger partial charge >= 0.3 is 0 Å².